The highest BCUT2D eigenvalue weighted by molar-refractivity contribution is 5.99. The fourth-order valence-corrected chi connectivity index (χ4v) is 2.08. The molecule has 3 unspecified atom stereocenters. The van der Waals surface area contributed by atoms with Crippen molar-refractivity contribution in [3.8, 4) is 0 Å². The Morgan fingerprint density at radius 3 is 2.62 bits per heavy atom. The number of methoxy groups -OCH3 is 1. The summed E-state index contributed by atoms with van der Waals surface area (Å²) in [5.41, 5.74) is 0. The topological polar surface area (TPSA) is 43.4 Å². The van der Waals surface area contributed by atoms with Gasteiger partial charge >= 0.3 is 11.9 Å². The molecule has 2 fully saturated rings. The second-order valence-electron chi connectivity index (χ2n) is 3.51. The highest BCUT2D eigenvalue weighted by Crippen LogP contribution is 2.60. The van der Waals surface area contributed by atoms with Gasteiger partial charge in [-0.15, -0.1) is 0 Å². The molecule has 5 heteroatoms. The van der Waals surface area contributed by atoms with E-state index in [4.69, 9.17) is 0 Å². The van der Waals surface area contributed by atoms with Crippen molar-refractivity contribution < 1.29 is 23.1 Å². The van der Waals surface area contributed by atoms with Gasteiger partial charge < -0.3 is 4.74 Å². The van der Waals surface area contributed by atoms with Crippen LogP contribution in [0.2, 0.25) is 0 Å². The summed E-state index contributed by atoms with van der Waals surface area (Å²) in [4.78, 5) is 21.9. The van der Waals surface area contributed by atoms with Crippen LogP contribution in [0.4, 0.5) is 8.78 Å². The summed E-state index contributed by atoms with van der Waals surface area (Å²) in [6.07, 6.45) is -0.490. The number of hydrogen-bond acceptors (Lipinski definition) is 3. The number of carbonyl (C=O) groups excluding carboxylic acids is 2. The molecule has 3 nitrogen and oxygen atoms in total. The third kappa shape index (κ3) is 0.990. The summed E-state index contributed by atoms with van der Waals surface area (Å²) in [5, 5.41) is 0. The van der Waals surface area contributed by atoms with Crippen LogP contribution < -0.4 is 0 Å². The molecule has 0 aromatic carbocycles. The normalized spacial score (nSPS) is 39.9. The minimum Gasteiger partial charge on any atom is -0.469 e. The number of ketones is 1. The van der Waals surface area contributed by atoms with E-state index in [1.54, 1.807) is 0 Å². The quantitative estimate of drug-likeness (QED) is 0.569. The molecule has 0 saturated heterocycles. The summed E-state index contributed by atoms with van der Waals surface area (Å²) in [6.45, 7) is 0. The molecule has 0 heterocycles. The second-order valence-corrected chi connectivity index (χ2v) is 3.51. The Bertz CT molecular complexity index is 287. The van der Waals surface area contributed by atoms with Gasteiger partial charge in [0.2, 0.25) is 5.78 Å². The molecule has 3 atom stereocenters. The molecular formula is C8H8F2O3. The summed E-state index contributed by atoms with van der Waals surface area (Å²) in [6, 6.07) is 0. The fraction of sp³-hybridized carbons (Fsp3) is 0.750. The first-order valence-corrected chi connectivity index (χ1v) is 3.99. The van der Waals surface area contributed by atoms with Crippen molar-refractivity contribution in [3.63, 3.8) is 0 Å². The Hall–Kier alpha value is -1.00. The lowest BCUT2D eigenvalue weighted by molar-refractivity contribution is -0.149. The number of hydrogen-bond donors (Lipinski definition) is 0. The van der Waals surface area contributed by atoms with Crippen molar-refractivity contribution in [2.75, 3.05) is 7.11 Å². The number of carbonyl (C=O) groups is 2. The predicted molar refractivity (Wildman–Crippen MR) is 37.1 cm³/mol. The average molecular weight is 190 g/mol. The minimum atomic E-state index is -3.21. The van der Waals surface area contributed by atoms with Crippen molar-refractivity contribution in [2.24, 2.45) is 17.8 Å². The average Bonchev–Trinajstić information content (AvgIpc) is 2.69. The number of ether oxygens (including phenoxy) is 1. The van der Waals surface area contributed by atoms with Gasteiger partial charge in [0, 0.05) is 12.3 Å². The molecular weight excluding hydrogens is 182 g/mol. The molecule has 0 amide bonds. The molecule has 0 radical (unpaired) electrons. The molecule has 0 spiro atoms. The largest absolute Gasteiger partial charge is 0.469 e. The number of fused-ring (bicyclic) bond motifs is 1. The monoisotopic (exact) mass is 190 g/mol. The van der Waals surface area contributed by atoms with Crippen molar-refractivity contribution in [2.45, 2.75) is 12.3 Å². The van der Waals surface area contributed by atoms with Gasteiger partial charge in [0.05, 0.1) is 13.0 Å². The number of esters is 1. The van der Waals surface area contributed by atoms with Crippen molar-refractivity contribution in [1.82, 2.24) is 0 Å². The SMILES string of the molecule is COC(=O)C1C2CC(F)(F)C(=O)C21. The number of rotatable bonds is 1. The summed E-state index contributed by atoms with van der Waals surface area (Å²) in [5.74, 6) is -6.69. The lowest BCUT2D eigenvalue weighted by Crippen LogP contribution is -2.28. The van der Waals surface area contributed by atoms with Crippen LogP contribution in [0.1, 0.15) is 6.42 Å². The van der Waals surface area contributed by atoms with Crippen LogP contribution in [0.25, 0.3) is 0 Å². The van der Waals surface area contributed by atoms with E-state index in [-0.39, 0.29) is 0 Å². The Kier molecular flexibility index (Phi) is 1.50. The van der Waals surface area contributed by atoms with Crippen LogP contribution in [0.15, 0.2) is 0 Å². The van der Waals surface area contributed by atoms with Gasteiger partial charge in [0.25, 0.3) is 0 Å². The highest BCUT2D eigenvalue weighted by Gasteiger charge is 2.72. The molecule has 13 heavy (non-hydrogen) atoms. The van der Waals surface area contributed by atoms with E-state index in [0.717, 1.165) is 0 Å². The first-order valence-electron chi connectivity index (χ1n) is 3.99. The molecule has 2 aliphatic rings. The van der Waals surface area contributed by atoms with E-state index < -0.39 is 41.8 Å². The predicted octanol–water partition coefficient (Wildman–Crippen LogP) is 0.630. The molecule has 0 aliphatic heterocycles. The second kappa shape index (κ2) is 2.27. The van der Waals surface area contributed by atoms with Crippen LogP contribution in [0.5, 0.6) is 0 Å². The Balaban J connectivity index is 2.10. The maximum atomic E-state index is 12.7. The standard InChI is InChI=1S/C8H8F2O3/c1-13-7(12)5-3-2-8(9,10)6(11)4(3)5/h3-5H,2H2,1H3. The van der Waals surface area contributed by atoms with E-state index in [2.05, 4.69) is 4.74 Å². The van der Waals surface area contributed by atoms with Crippen molar-refractivity contribution >= 4 is 11.8 Å². The third-order valence-electron chi connectivity index (χ3n) is 2.80. The van der Waals surface area contributed by atoms with Crippen LogP contribution in [-0.4, -0.2) is 24.8 Å². The van der Waals surface area contributed by atoms with Gasteiger partial charge in [-0.1, -0.05) is 0 Å². The molecule has 0 bridgehead atoms. The minimum absolute atomic E-state index is 0.477. The van der Waals surface area contributed by atoms with Crippen molar-refractivity contribution in [1.29, 1.82) is 0 Å². The zero-order valence-corrected chi connectivity index (χ0v) is 6.92. The summed E-state index contributed by atoms with van der Waals surface area (Å²) < 4.78 is 29.7. The first-order chi connectivity index (χ1) is 5.99. The van der Waals surface area contributed by atoms with Crippen LogP contribution in [0, 0.1) is 17.8 Å². The molecule has 2 aliphatic carbocycles. The fourth-order valence-electron chi connectivity index (χ4n) is 2.08. The molecule has 0 aromatic heterocycles. The Labute approximate surface area is 73.0 Å². The molecule has 72 valence electrons. The maximum Gasteiger partial charge on any atom is 0.309 e. The maximum absolute atomic E-state index is 12.7. The summed E-state index contributed by atoms with van der Waals surface area (Å²) >= 11 is 0. The number of halogens is 2. The van der Waals surface area contributed by atoms with Gasteiger partial charge in [0.1, 0.15) is 0 Å². The van der Waals surface area contributed by atoms with Gasteiger partial charge in [-0.25, -0.2) is 0 Å². The third-order valence-corrected chi connectivity index (χ3v) is 2.80. The van der Waals surface area contributed by atoms with E-state index in [9.17, 15) is 18.4 Å². The molecule has 0 N–H and O–H groups in total. The molecule has 2 saturated carbocycles. The van der Waals surface area contributed by atoms with Crippen molar-refractivity contribution in [3.05, 3.63) is 0 Å². The van der Waals surface area contributed by atoms with Gasteiger partial charge in [0.15, 0.2) is 0 Å². The lowest BCUT2D eigenvalue weighted by Gasteiger charge is -2.10. The molecule has 0 aromatic rings. The van der Waals surface area contributed by atoms with E-state index in [0.29, 0.717) is 0 Å². The van der Waals surface area contributed by atoms with E-state index >= 15 is 0 Å². The smallest absolute Gasteiger partial charge is 0.309 e. The zero-order valence-electron chi connectivity index (χ0n) is 6.92. The van der Waals surface area contributed by atoms with Gasteiger partial charge in [-0.3, -0.25) is 9.59 Å². The van der Waals surface area contributed by atoms with Crippen LogP contribution >= 0.6 is 0 Å². The van der Waals surface area contributed by atoms with E-state index in [1.807, 2.05) is 0 Å². The number of Topliss-reactive ketones (excluding diaryl/α,β-unsaturated/α-hetero) is 1. The summed E-state index contributed by atoms with van der Waals surface area (Å²) in [7, 11) is 1.19. The number of alkyl halides is 2. The van der Waals surface area contributed by atoms with E-state index in [1.165, 1.54) is 7.11 Å². The van der Waals surface area contributed by atoms with Gasteiger partial charge in [-0.05, 0) is 5.92 Å². The van der Waals surface area contributed by atoms with Crippen LogP contribution in [0.3, 0.4) is 0 Å². The molecule has 2 rings (SSSR count). The zero-order chi connectivity index (χ0) is 9.80. The Morgan fingerprint density at radius 2 is 2.23 bits per heavy atom. The van der Waals surface area contributed by atoms with Crippen LogP contribution in [-0.2, 0) is 14.3 Å². The Morgan fingerprint density at radius 1 is 1.62 bits per heavy atom. The highest BCUT2D eigenvalue weighted by atomic mass is 19.3. The van der Waals surface area contributed by atoms with Gasteiger partial charge in [-0.2, -0.15) is 8.78 Å². The lowest BCUT2D eigenvalue weighted by atomic mass is 10.1. The first kappa shape index (κ1) is 8.59.